The van der Waals surface area contributed by atoms with E-state index < -0.39 is 10.2 Å². The molecular formula is C12H10ClN3O2S2. The van der Waals surface area contributed by atoms with Crippen LogP contribution in [0.1, 0.15) is 0 Å². The molecule has 0 amide bonds. The Balaban J connectivity index is 1.88. The molecule has 8 heteroatoms. The van der Waals surface area contributed by atoms with Gasteiger partial charge >= 0.3 is 10.2 Å². The molecule has 1 aliphatic heterocycles. The summed E-state index contributed by atoms with van der Waals surface area (Å²) in [7, 11) is -3.64. The molecule has 0 aliphatic carbocycles. The molecule has 0 bridgehead atoms. The third-order valence-electron chi connectivity index (χ3n) is 2.77. The second-order valence-corrected chi connectivity index (χ2v) is 7.06. The molecule has 0 radical (unpaired) electrons. The van der Waals surface area contributed by atoms with Gasteiger partial charge in [0.25, 0.3) is 0 Å². The molecule has 2 heterocycles. The number of nitrogens with one attached hydrogen (secondary N) is 1. The van der Waals surface area contributed by atoms with Crippen molar-refractivity contribution in [2.24, 2.45) is 0 Å². The van der Waals surface area contributed by atoms with E-state index in [2.05, 4.69) is 9.10 Å². The third kappa shape index (κ3) is 2.65. The molecule has 3 rings (SSSR count). The summed E-state index contributed by atoms with van der Waals surface area (Å²) in [4.78, 5) is 0. The van der Waals surface area contributed by atoms with E-state index in [9.17, 15) is 8.42 Å². The predicted molar refractivity (Wildman–Crippen MR) is 81.0 cm³/mol. The Morgan fingerprint density at radius 2 is 2.05 bits per heavy atom. The lowest BCUT2D eigenvalue weighted by atomic mass is 10.3. The average molecular weight is 328 g/mol. The van der Waals surface area contributed by atoms with Crippen LogP contribution in [0.4, 0.5) is 5.69 Å². The fourth-order valence-corrected chi connectivity index (χ4v) is 3.62. The lowest BCUT2D eigenvalue weighted by Crippen LogP contribution is -2.38. The smallest absolute Gasteiger partial charge is 0.267 e. The van der Waals surface area contributed by atoms with Gasteiger partial charge in [0.1, 0.15) is 0 Å². The quantitative estimate of drug-likeness (QED) is 0.914. The number of nitrogens with zero attached hydrogens (tertiary/aromatic N) is 2. The van der Waals surface area contributed by atoms with Gasteiger partial charge in [0.2, 0.25) is 0 Å². The van der Waals surface area contributed by atoms with Gasteiger partial charge in [-0.15, -0.1) is 0 Å². The molecule has 1 N–H and O–H groups in total. The largest absolute Gasteiger partial charge is 0.323 e. The molecule has 104 valence electrons. The molecule has 1 aromatic heterocycles. The molecule has 0 atom stereocenters. The van der Waals surface area contributed by atoms with Crippen LogP contribution in [0.15, 0.2) is 30.5 Å². The highest BCUT2D eigenvalue weighted by molar-refractivity contribution is 7.90. The van der Waals surface area contributed by atoms with Gasteiger partial charge in [0.05, 0.1) is 23.0 Å². The zero-order chi connectivity index (χ0) is 14.2. The second kappa shape index (κ2) is 5.08. The maximum atomic E-state index is 12.3. The molecule has 0 spiro atoms. The predicted octanol–water partition coefficient (Wildman–Crippen LogP) is 0.988. The Hall–Kier alpha value is -1.57. The van der Waals surface area contributed by atoms with Crippen LogP contribution in [0, 0.1) is 0 Å². The van der Waals surface area contributed by atoms with Gasteiger partial charge < -0.3 is 0 Å². The molecule has 1 aliphatic rings. The minimum atomic E-state index is -3.64. The summed E-state index contributed by atoms with van der Waals surface area (Å²) < 4.78 is 33.4. The molecule has 20 heavy (non-hydrogen) atoms. The highest BCUT2D eigenvalue weighted by atomic mass is 35.5. The van der Waals surface area contributed by atoms with Crippen LogP contribution in [0.5, 0.6) is 0 Å². The van der Waals surface area contributed by atoms with Crippen LogP contribution >= 0.6 is 23.1 Å². The Morgan fingerprint density at radius 3 is 2.80 bits per heavy atom. The first kappa shape index (κ1) is 13.4. The van der Waals surface area contributed by atoms with Gasteiger partial charge in [-0.2, -0.15) is 12.8 Å². The second-order valence-electron chi connectivity index (χ2n) is 4.16. The molecule has 2 aromatic rings. The van der Waals surface area contributed by atoms with E-state index in [4.69, 9.17) is 11.6 Å². The normalized spacial score (nSPS) is 14.2. The fraction of sp³-hybridized carbons (Fsp3) is 0.0833. The van der Waals surface area contributed by atoms with Crippen LogP contribution in [-0.4, -0.2) is 23.6 Å². The minimum Gasteiger partial charge on any atom is -0.267 e. The van der Waals surface area contributed by atoms with Gasteiger partial charge in [0, 0.05) is 16.4 Å². The zero-order valence-electron chi connectivity index (χ0n) is 10.2. The number of fused-ring (bicyclic) bond motifs is 1. The van der Waals surface area contributed by atoms with Crippen LogP contribution in [-0.2, 0) is 10.2 Å². The fourth-order valence-electron chi connectivity index (χ4n) is 1.78. The first-order valence-electron chi connectivity index (χ1n) is 5.72. The van der Waals surface area contributed by atoms with Crippen molar-refractivity contribution in [3.8, 4) is 0 Å². The number of aromatic nitrogens is 1. The van der Waals surface area contributed by atoms with E-state index in [0.29, 0.717) is 10.7 Å². The topological polar surface area (TPSA) is 62.3 Å². The number of hydrogen-bond donors (Lipinski definition) is 1. The van der Waals surface area contributed by atoms with Crippen LogP contribution in [0.3, 0.4) is 0 Å². The lowest BCUT2D eigenvalue weighted by molar-refractivity contribution is 0.546. The van der Waals surface area contributed by atoms with E-state index in [1.54, 1.807) is 36.7 Å². The Morgan fingerprint density at radius 1 is 1.30 bits per heavy atom. The summed E-state index contributed by atoms with van der Waals surface area (Å²) in [5, 5.41) is 1.36. The van der Waals surface area contributed by atoms with Crippen LogP contribution in [0.25, 0.3) is 12.3 Å². The highest BCUT2D eigenvalue weighted by Crippen LogP contribution is 2.16. The first-order valence-corrected chi connectivity index (χ1v) is 8.32. The maximum Gasteiger partial charge on any atom is 0.323 e. The van der Waals surface area contributed by atoms with Gasteiger partial charge in [0.15, 0.2) is 0 Å². The summed E-state index contributed by atoms with van der Waals surface area (Å²) in [5.41, 5.74) is 0.469. The van der Waals surface area contributed by atoms with Crippen molar-refractivity contribution in [3.05, 3.63) is 45.2 Å². The van der Waals surface area contributed by atoms with E-state index in [1.165, 1.54) is 15.8 Å². The van der Waals surface area contributed by atoms with Gasteiger partial charge in [-0.3, -0.25) is 9.03 Å². The van der Waals surface area contributed by atoms with E-state index >= 15 is 0 Å². The van der Waals surface area contributed by atoms with Crippen molar-refractivity contribution < 1.29 is 8.42 Å². The van der Waals surface area contributed by atoms with Gasteiger partial charge in [-0.05, 0) is 41.9 Å². The van der Waals surface area contributed by atoms with Crippen molar-refractivity contribution in [2.45, 2.75) is 0 Å². The Labute approximate surface area is 125 Å². The van der Waals surface area contributed by atoms with Crippen LogP contribution in [0.2, 0.25) is 5.02 Å². The summed E-state index contributed by atoms with van der Waals surface area (Å²) in [6.45, 7) is 0.290. The molecule has 0 fully saturated rings. The van der Waals surface area contributed by atoms with Crippen molar-refractivity contribution in [1.82, 2.24) is 8.68 Å². The lowest BCUT2D eigenvalue weighted by Gasteiger charge is -2.21. The molecule has 0 saturated heterocycles. The third-order valence-corrected chi connectivity index (χ3v) is 5.19. The highest BCUT2D eigenvalue weighted by Gasteiger charge is 2.19. The first-order chi connectivity index (χ1) is 9.54. The van der Waals surface area contributed by atoms with Gasteiger partial charge in [-0.25, -0.2) is 0 Å². The van der Waals surface area contributed by atoms with E-state index in [0.717, 1.165) is 9.75 Å². The zero-order valence-corrected chi connectivity index (χ0v) is 12.5. The number of hydrogen-bond acceptors (Lipinski definition) is 4. The summed E-state index contributed by atoms with van der Waals surface area (Å²) in [6.07, 6.45) is 5.08. The molecule has 1 aromatic carbocycles. The number of anilines is 1. The molecule has 5 nitrogen and oxygen atoms in total. The Kier molecular flexibility index (Phi) is 3.41. The van der Waals surface area contributed by atoms with Crippen molar-refractivity contribution in [2.75, 3.05) is 11.3 Å². The van der Waals surface area contributed by atoms with Crippen LogP contribution < -0.4 is 14.5 Å². The standard InChI is InChI=1S/C12H10ClN3O2S2/c13-10-1-3-11(4-2-10)15-20(17,18)16-6-5-12-9(8-16)7-14-19-12/h1-5,7-8,15H,6H2. The number of rotatable bonds is 3. The maximum absolute atomic E-state index is 12.3. The molecule has 0 unspecified atom stereocenters. The van der Waals surface area contributed by atoms with Gasteiger partial charge in [-0.1, -0.05) is 11.6 Å². The molecule has 0 saturated carbocycles. The average Bonchev–Trinajstić information content (AvgIpc) is 2.88. The molecular weight excluding hydrogens is 318 g/mol. The minimum absolute atomic E-state index is 0.290. The van der Waals surface area contributed by atoms with Crippen molar-refractivity contribution in [3.63, 3.8) is 0 Å². The number of halogens is 1. The number of benzene rings is 1. The van der Waals surface area contributed by atoms with Crippen molar-refractivity contribution in [1.29, 1.82) is 0 Å². The van der Waals surface area contributed by atoms with Crippen molar-refractivity contribution >= 4 is 51.3 Å². The summed E-state index contributed by atoms with van der Waals surface area (Å²) in [6, 6.07) is 6.49. The van der Waals surface area contributed by atoms with E-state index in [1.807, 2.05) is 6.08 Å². The Bertz CT molecular complexity index is 844. The summed E-state index contributed by atoms with van der Waals surface area (Å²) >= 11 is 7.12. The monoisotopic (exact) mass is 327 g/mol. The summed E-state index contributed by atoms with van der Waals surface area (Å²) in [5.74, 6) is 0. The van der Waals surface area contributed by atoms with E-state index in [-0.39, 0.29) is 6.54 Å². The SMILES string of the molecule is O=S(=O)(Nc1ccc(Cl)cc1)N1C=c2cnsc2=CC1.